The molecule has 0 rings (SSSR count). The fourth-order valence-corrected chi connectivity index (χ4v) is 0. The van der Waals surface area contributed by atoms with Crippen LogP contribution < -0.4 is 0 Å². The van der Waals surface area contributed by atoms with Crippen molar-refractivity contribution < 1.29 is 4.79 Å². The lowest BCUT2D eigenvalue weighted by Crippen LogP contribution is -1.62. The Labute approximate surface area is 52.7 Å². The predicted molar refractivity (Wildman–Crippen MR) is 28.2 cm³/mol. The molecule has 0 atom stereocenters. The van der Waals surface area contributed by atoms with Crippen LogP contribution in [-0.2, 0) is 4.79 Å². The number of hydrogen-bond donors (Lipinski definition) is 1. The number of carbonyl (C=O) groups excluding carboxylic acids is 1. The van der Waals surface area contributed by atoms with Crippen LogP contribution in [0.5, 0.6) is 0 Å². The topological polar surface area (TPSA) is 17.1 Å². The van der Waals surface area contributed by atoms with Gasteiger partial charge in [0.1, 0.15) is 0 Å². The van der Waals surface area contributed by atoms with E-state index < -0.39 is 0 Å². The second kappa shape index (κ2) is 4.79. The summed E-state index contributed by atoms with van der Waals surface area (Å²) in [6, 6.07) is 0. The summed E-state index contributed by atoms with van der Waals surface area (Å²) in [4.78, 5) is 9.31. The van der Waals surface area contributed by atoms with Gasteiger partial charge in [0.05, 0.1) is 0 Å². The van der Waals surface area contributed by atoms with Crippen molar-refractivity contribution in [3.8, 4) is 0 Å². The minimum Gasteiger partial charge on any atom is -0.288 e. The van der Waals surface area contributed by atoms with Crippen molar-refractivity contribution in [3.63, 3.8) is 0 Å². The zero-order chi connectivity index (χ0) is 3.58. The smallest absolute Gasteiger partial charge is 0.288 e. The first-order valence-corrected chi connectivity index (χ1v) is 1.37. The van der Waals surface area contributed by atoms with Crippen molar-refractivity contribution in [2.24, 2.45) is 0 Å². The maximum Gasteiger partial charge on any atom is 0.316 e. The van der Waals surface area contributed by atoms with Crippen molar-refractivity contribution in [1.29, 1.82) is 0 Å². The van der Waals surface area contributed by atoms with Crippen molar-refractivity contribution >= 4 is 40.8 Å². The molecule has 0 saturated heterocycles. The fourth-order valence-electron chi connectivity index (χ4n) is 0. The Hall–Kier alpha value is 0.786. The van der Waals surface area contributed by atoms with E-state index in [1.54, 1.807) is 0 Å². The number of thiol groups is 1. The number of hydrogen-bond acceptors (Lipinski definition) is 1. The summed E-state index contributed by atoms with van der Waals surface area (Å²) in [7, 11) is 0. The Morgan fingerprint density at radius 3 is 1.80 bits per heavy atom. The molecule has 0 aromatic rings. The molecule has 0 amide bonds. The molecule has 0 N–H and O–H groups in total. The molecule has 0 unspecified atom stereocenters. The molecule has 0 aliphatic heterocycles. The van der Waals surface area contributed by atoms with Crippen LogP contribution >= 0.6 is 12.6 Å². The zero-order valence-electron chi connectivity index (χ0n) is 2.36. The van der Waals surface area contributed by atoms with Gasteiger partial charge < -0.3 is 0 Å². The van der Waals surface area contributed by atoms with Gasteiger partial charge in [-0.3, -0.25) is 4.79 Å². The molecule has 5 heavy (non-hydrogen) atoms. The number of rotatable bonds is 0. The average Bonchev–Trinajstić information content (AvgIpc) is 0.811. The van der Waals surface area contributed by atoms with Gasteiger partial charge >= 0.3 is 23.1 Å². The zero-order valence-corrected chi connectivity index (χ0v) is 3.25. The van der Waals surface area contributed by atoms with Gasteiger partial charge in [-0.15, -0.1) is 12.6 Å². The Bertz CT molecular complexity index is 32.6. The highest BCUT2D eigenvalue weighted by atomic mass is 32.1. The Kier molecular flexibility index (Phi) is 8.85. The first-order chi connectivity index (χ1) is 1.73. The molecule has 0 aromatic heterocycles. The molecule has 0 heterocycles. The Morgan fingerprint density at radius 2 is 1.80 bits per heavy atom. The monoisotopic (exact) mass is 102 g/mol. The molecule has 1 nitrogen and oxygen atoms in total. The lowest BCUT2D eigenvalue weighted by Gasteiger charge is -1.55. The molecule has 0 saturated carbocycles. The van der Waals surface area contributed by atoms with Crippen molar-refractivity contribution in [1.82, 2.24) is 0 Å². The highest BCUT2D eigenvalue weighted by molar-refractivity contribution is 7.96. The second-order valence-electron chi connectivity index (χ2n) is 0.519. The largest absolute Gasteiger partial charge is 0.316 e. The van der Waals surface area contributed by atoms with Crippen LogP contribution in [0.15, 0.2) is 0 Å². The quantitative estimate of drug-likeness (QED) is 0.324. The minimum absolute atomic E-state index is 0. The van der Waals surface area contributed by atoms with Crippen molar-refractivity contribution in [3.05, 3.63) is 0 Å². The van der Waals surface area contributed by atoms with E-state index in [9.17, 15) is 4.79 Å². The van der Waals surface area contributed by atoms with E-state index in [0.717, 1.165) is 0 Å². The lowest BCUT2D eigenvalue weighted by molar-refractivity contribution is -0.108. The summed E-state index contributed by atoms with van der Waals surface area (Å²) in [6.45, 7) is 1.39. The van der Waals surface area contributed by atoms with E-state index in [0.29, 0.717) is 0 Å². The third-order valence-electron chi connectivity index (χ3n) is 0. The molecule has 0 aliphatic rings. The normalized spacial score (nSPS) is 5.20. The van der Waals surface area contributed by atoms with E-state index in [1.165, 1.54) is 6.92 Å². The van der Waals surface area contributed by atoms with Gasteiger partial charge in [-0.2, -0.15) is 0 Å². The Morgan fingerprint density at radius 1 is 1.80 bits per heavy atom. The minimum atomic E-state index is -0.139. The summed E-state index contributed by atoms with van der Waals surface area (Å²) in [6.07, 6.45) is 0. The molecule has 0 fully saturated rings. The summed E-state index contributed by atoms with van der Waals surface area (Å²) in [5, 5.41) is -0.139. The molecule has 0 aromatic carbocycles. The van der Waals surface area contributed by atoms with Gasteiger partial charge in [-0.05, 0) is 0 Å². The predicted octanol–water partition coefficient (Wildman–Crippen LogP) is -0.454. The maximum absolute atomic E-state index is 9.31. The number of carbonyl (C=O) groups is 1. The average molecular weight is 102 g/mol. The first kappa shape index (κ1) is 9.25. The molecule has 0 spiro atoms. The van der Waals surface area contributed by atoms with Crippen molar-refractivity contribution in [2.75, 3.05) is 0 Å². The molecule has 0 aliphatic carbocycles. The van der Waals surface area contributed by atoms with Crippen molar-refractivity contribution in [2.45, 2.75) is 6.92 Å². The van der Waals surface area contributed by atoms with Crippen LogP contribution in [0.3, 0.4) is 0 Å². The van der Waals surface area contributed by atoms with Gasteiger partial charge in [0.25, 0.3) is 0 Å². The maximum atomic E-state index is 9.31. The highest BCUT2D eigenvalue weighted by Crippen LogP contribution is 1.66. The van der Waals surface area contributed by atoms with E-state index in [4.69, 9.17) is 0 Å². The lowest BCUT2D eigenvalue weighted by atomic mass is 10.9. The summed E-state index contributed by atoms with van der Waals surface area (Å²) in [5.41, 5.74) is 0. The SMILES string of the molecule is CC(=O)S.[MgH2]. The van der Waals surface area contributed by atoms with Crippen LogP contribution in [0.25, 0.3) is 0 Å². The van der Waals surface area contributed by atoms with Gasteiger partial charge in [0, 0.05) is 6.92 Å². The van der Waals surface area contributed by atoms with Gasteiger partial charge in [-0.1, -0.05) is 0 Å². The molecular weight excluding hydrogens is 96.4 g/mol. The molecule has 0 radical (unpaired) electrons. The standard InChI is InChI=1S/C2H4OS.Mg.2H/c1-2(3)4;;;/h1H3,(H,3,4);;;. The first-order valence-electron chi connectivity index (χ1n) is 0.928. The molecule has 28 valence electrons. The summed E-state index contributed by atoms with van der Waals surface area (Å²) >= 11 is 3.33. The van der Waals surface area contributed by atoms with E-state index in [-0.39, 0.29) is 28.2 Å². The van der Waals surface area contributed by atoms with Crippen LogP contribution in [0.1, 0.15) is 6.92 Å². The summed E-state index contributed by atoms with van der Waals surface area (Å²) < 4.78 is 0. The molecular formula is C2H6MgOS. The Balaban J connectivity index is 0. The van der Waals surface area contributed by atoms with Gasteiger partial charge in [-0.25, -0.2) is 0 Å². The molecule has 3 heteroatoms. The highest BCUT2D eigenvalue weighted by Gasteiger charge is 1.63. The van der Waals surface area contributed by atoms with E-state index in [1.807, 2.05) is 0 Å². The van der Waals surface area contributed by atoms with Crippen LogP contribution in [0, 0.1) is 0 Å². The fraction of sp³-hybridized carbons (Fsp3) is 0.500. The van der Waals surface area contributed by atoms with Gasteiger partial charge in [0.15, 0.2) is 5.12 Å². The van der Waals surface area contributed by atoms with Gasteiger partial charge in [0.2, 0.25) is 0 Å². The second-order valence-corrected chi connectivity index (χ2v) is 1.15. The van der Waals surface area contributed by atoms with Crippen LogP contribution in [0.2, 0.25) is 0 Å². The third-order valence-corrected chi connectivity index (χ3v) is 0. The molecule has 0 bridgehead atoms. The third kappa shape index (κ3) is 60.1. The van der Waals surface area contributed by atoms with E-state index >= 15 is 0 Å². The van der Waals surface area contributed by atoms with Crippen LogP contribution in [-0.4, -0.2) is 28.2 Å². The van der Waals surface area contributed by atoms with E-state index in [2.05, 4.69) is 12.6 Å². The van der Waals surface area contributed by atoms with Crippen LogP contribution in [0.4, 0.5) is 0 Å². The summed E-state index contributed by atoms with van der Waals surface area (Å²) in [5.74, 6) is 0.